The van der Waals surface area contributed by atoms with E-state index in [0.717, 1.165) is 16.9 Å². The Hall–Kier alpha value is -3.11. The third-order valence-electron chi connectivity index (χ3n) is 4.58. The molecule has 0 spiro atoms. The second-order valence-electron chi connectivity index (χ2n) is 6.96. The summed E-state index contributed by atoms with van der Waals surface area (Å²) in [6, 6.07) is 9.87. The zero-order valence-corrected chi connectivity index (χ0v) is 19.4. The standard InChI is InChI=1S/C21H22ClN5O4S/c1-4-26-19(11-31-18-9-13(2)5-6-14(18)3)24-25-21(26)32-12-20(28)23-17-10-15(27(29)30)7-8-16(17)22/h5-10H,4,11-12H2,1-3H3,(H,23,28). The fourth-order valence-corrected chi connectivity index (χ4v) is 3.88. The Balaban J connectivity index is 1.63. The van der Waals surface area contributed by atoms with E-state index in [2.05, 4.69) is 15.5 Å². The Labute approximate surface area is 194 Å². The van der Waals surface area contributed by atoms with Crippen molar-refractivity contribution in [3.05, 3.63) is 68.5 Å². The largest absolute Gasteiger partial charge is 0.485 e. The van der Waals surface area contributed by atoms with Crippen LogP contribution in [0.15, 0.2) is 41.6 Å². The van der Waals surface area contributed by atoms with Gasteiger partial charge in [-0.05, 0) is 44.0 Å². The zero-order valence-electron chi connectivity index (χ0n) is 17.8. The molecule has 168 valence electrons. The number of carbonyl (C=O) groups is 1. The van der Waals surface area contributed by atoms with Gasteiger partial charge in [0.2, 0.25) is 5.91 Å². The highest BCUT2D eigenvalue weighted by Gasteiger charge is 2.16. The van der Waals surface area contributed by atoms with Crippen LogP contribution in [-0.2, 0) is 17.9 Å². The first-order valence-electron chi connectivity index (χ1n) is 9.77. The molecule has 3 aromatic rings. The number of non-ortho nitro benzene ring substituents is 1. The predicted octanol–water partition coefficient (Wildman–Crippen LogP) is 4.79. The summed E-state index contributed by atoms with van der Waals surface area (Å²) in [4.78, 5) is 22.7. The number of anilines is 1. The van der Waals surface area contributed by atoms with Crippen molar-refractivity contribution in [1.29, 1.82) is 0 Å². The molecule has 0 aliphatic carbocycles. The van der Waals surface area contributed by atoms with Gasteiger partial charge in [-0.2, -0.15) is 0 Å². The van der Waals surface area contributed by atoms with Crippen molar-refractivity contribution < 1.29 is 14.5 Å². The lowest BCUT2D eigenvalue weighted by Crippen LogP contribution is -2.15. The van der Waals surface area contributed by atoms with Crippen molar-refractivity contribution >= 4 is 40.6 Å². The van der Waals surface area contributed by atoms with Crippen LogP contribution in [0.4, 0.5) is 11.4 Å². The molecular formula is C21H22ClN5O4S. The maximum atomic E-state index is 12.4. The van der Waals surface area contributed by atoms with E-state index in [4.69, 9.17) is 16.3 Å². The van der Waals surface area contributed by atoms with E-state index in [1.54, 1.807) is 0 Å². The molecule has 0 saturated heterocycles. The summed E-state index contributed by atoms with van der Waals surface area (Å²) < 4.78 is 7.80. The Morgan fingerprint density at radius 2 is 2.03 bits per heavy atom. The van der Waals surface area contributed by atoms with Crippen LogP contribution in [0.25, 0.3) is 0 Å². The van der Waals surface area contributed by atoms with Crippen molar-refractivity contribution in [3.63, 3.8) is 0 Å². The van der Waals surface area contributed by atoms with Gasteiger partial charge in [0, 0.05) is 18.7 Å². The first-order chi connectivity index (χ1) is 15.3. The van der Waals surface area contributed by atoms with Crippen LogP contribution in [0.1, 0.15) is 23.9 Å². The Morgan fingerprint density at radius 1 is 1.25 bits per heavy atom. The van der Waals surface area contributed by atoms with Crippen molar-refractivity contribution in [1.82, 2.24) is 14.8 Å². The number of carbonyl (C=O) groups excluding carboxylic acids is 1. The molecule has 9 nitrogen and oxygen atoms in total. The minimum Gasteiger partial charge on any atom is -0.485 e. The van der Waals surface area contributed by atoms with Crippen LogP contribution in [0.5, 0.6) is 5.75 Å². The maximum absolute atomic E-state index is 12.4. The molecule has 0 aliphatic rings. The highest BCUT2D eigenvalue weighted by Crippen LogP contribution is 2.27. The number of hydrogen-bond donors (Lipinski definition) is 1. The molecule has 0 aliphatic heterocycles. The number of rotatable bonds is 9. The van der Waals surface area contributed by atoms with Crippen LogP contribution in [0.3, 0.4) is 0 Å². The lowest BCUT2D eigenvalue weighted by molar-refractivity contribution is -0.384. The lowest BCUT2D eigenvalue weighted by Gasteiger charge is -2.11. The number of nitrogens with one attached hydrogen (secondary N) is 1. The first-order valence-corrected chi connectivity index (χ1v) is 11.1. The number of amides is 1. The van der Waals surface area contributed by atoms with Gasteiger partial charge in [0.1, 0.15) is 12.4 Å². The third-order valence-corrected chi connectivity index (χ3v) is 5.87. The number of hydrogen-bond acceptors (Lipinski definition) is 7. The molecule has 1 aromatic heterocycles. The highest BCUT2D eigenvalue weighted by atomic mass is 35.5. The number of nitro groups is 1. The topological polar surface area (TPSA) is 112 Å². The monoisotopic (exact) mass is 475 g/mol. The number of halogens is 1. The minimum absolute atomic E-state index is 0.0367. The second-order valence-corrected chi connectivity index (χ2v) is 8.31. The van der Waals surface area contributed by atoms with Crippen LogP contribution >= 0.6 is 23.4 Å². The molecule has 2 aromatic carbocycles. The van der Waals surface area contributed by atoms with E-state index >= 15 is 0 Å². The van der Waals surface area contributed by atoms with E-state index in [1.807, 2.05) is 43.5 Å². The fourth-order valence-electron chi connectivity index (χ4n) is 2.89. The molecule has 3 rings (SSSR count). The summed E-state index contributed by atoms with van der Waals surface area (Å²) in [5.41, 5.74) is 2.17. The number of aromatic nitrogens is 3. The minimum atomic E-state index is -0.549. The Morgan fingerprint density at radius 3 is 2.75 bits per heavy atom. The molecule has 0 unspecified atom stereocenters. The quantitative estimate of drug-likeness (QED) is 0.269. The van der Waals surface area contributed by atoms with Crippen LogP contribution in [0.2, 0.25) is 5.02 Å². The first kappa shape index (κ1) is 23.6. The summed E-state index contributed by atoms with van der Waals surface area (Å²) in [6.07, 6.45) is 0. The molecule has 32 heavy (non-hydrogen) atoms. The van der Waals surface area contributed by atoms with Crippen LogP contribution < -0.4 is 10.1 Å². The summed E-state index contributed by atoms with van der Waals surface area (Å²) in [6.45, 7) is 6.80. The Bertz CT molecular complexity index is 1150. The van der Waals surface area contributed by atoms with E-state index in [1.165, 1.54) is 30.0 Å². The number of nitrogens with zero attached hydrogens (tertiary/aromatic N) is 4. The van der Waals surface area contributed by atoms with Gasteiger partial charge in [-0.25, -0.2) is 0 Å². The molecule has 1 heterocycles. The summed E-state index contributed by atoms with van der Waals surface area (Å²) in [5.74, 6) is 1.11. The number of ether oxygens (including phenoxy) is 1. The summed E-state index contributed by atoms with van der Waals surface area (Å²) >= 11 is 7.24. The van der Waals surface area contributed by atoms with Crippen molar-refractivity contribution in [2.45, 2.75) is 39.1 Å². The molecular weight excluding hydrogens is 454 g/mol. The van der Waals surface area contributed by atoms with Crippen LogP contribution in [-0.4, -0.2) is 31.3 Å². The number of aryl methyl sites for hydroxylation is 2. The molecule has 0 atom stereocenters. The van der Waals surface area contributed by atoms with Gasteiger partial charge >= 0.3 is 0 Å². The molecule has 1 amide bonds. The van der Waals surface area contributed by atoms with E-state index in [0.29, 0.717) is 17.5 Å². The highest BCUT2D eigenvalue weighted by molar-refractivity contribution is 7.99. The average molecular weight is 476 g/mol. The molecule has 0 bridgehead atoms. The average Bonchev–Trinajstić information content (AvgIpc) is 3.16. The van der Waals surface area contributed by atoms with E-state index in [9.17, 15) is 14.9 Å². The smallest absolute Gasteiger partial charge is 0.271 e. The van der Waals surface area contributed by atoms with Crippen molar-refractivity contribution in [3.8, 4) is 5.75 Å². The molecule has 0 fully saturated rings. The normalized spacial score (nSPS) is 10.8. The van der Waals surface area contributed by atoms with Gasteiger partial charge in [-0.1, -0.05) is 35.5 Å². The lowest BCUT2D eigenvalue weighted by atomic mass is 10.1. The van der Waals surface area contributed by atoms with Gasteiger partial charge in [-0.15, -0.1) is 10.2 Å². The summed E-state index contributed by atoms with van der Waals surface area (Å²) in [7, 11) is 0. The number of benzene rings is 2. The van der Waals surface area contributed by atoms with Gasteiger partial charge in [0.15, 0.2) is 11.0 Å². The number of thioether (sulfide) groups is 1. The predicted molar refractivity (Wildman–Crippen MR) is 123 cm³/mol. The zero-order chi connectivity index (χ0) is 23.3. The van der Waals surface area contributed by atoms with Crippen LogP contribution in [0, 0.1) is 24.0 Å². The van der Waals surface area contributed by atoms with Crippen molar-refractivity contribution in [2.75, 3.05) is 11.1 Å². The SMILES string of the molecule is CCn1c(COc2cc(C)ccc2C)nnc1SCC(=O)Nc1cc([N+](=O)[O-])ccc1Cl. The van der Waals surface area contributed by atoms with Gasteiger partial charge < -0.3 is 14.6 Å². The molecule has 1 N–H and O–H groups in total. The Kier molecular flexibility index (Phi) is 7.70. The maximum Gasteiger partial charge on any atom is 0.271 e. The molecule has 11 heteroatoms. The van der Waals surface area contributed by atoms with Crippen molar-refractivity contribution in [2.24, 2.45) is 0 Å². The van der Waals surface area contributed by atoms with E-state index in [-0.39, 0.29) is 34.7 Å². The summed E-state index contributed by atoms with van der Waals surface area (Å²) in [5, 5.41) is 22.7. The van der Waals surface area contributed by atoms with Gasteiger partial charge in [-0.3, -0.25) is 14.9 Å². The van der Waals surface area contributed by atoms with E-state index < -0.39 is 4.92 Å². The second kappa shape index (κ2) is 10.5. The molecule has 0 radical (unpaired) electrons. The third kappa shape index (κ3) is 5.77. The van der Waals surface area contributed by atoms with Gasteiger partial charge in [0.05, 0.1) is 21.4 Å². The fraction of sp³-hybridized carbons (Fsp3) is 0.286. The van der Waals surface area contributed by atoms with Gasteiger partial charge in [0.25, 0.3) is 5.69 Å². The number of nitro benzene ring substituents is 1. The molecule has 0 saturated carbocycles.